The van der Waals surface area contributed by atoms with Gasteiger partial charge >= 0.3 is 12.1 Å². The van der Waals surface area contributed by atoms with E-state index in [0.717, 1.165) is 11.3 Å². The minimum Gasteiger partial charge on any atom is -0.433 e. The Bertz CT molecular complexity index is 1140. The van der Waals surface area contributed by atoms with Gasteiger partial charge in [0.05, 0.1) is 24.1 Å². The molecule has 2 aliphatic rings. The quantitative estimate of drug-likeness (QED) is 0.622. The minimum absolute atomic E-state index is 0.00349. The number of nitrogens with zero attached hydrogens (tertiary/aromatic N) is 2. The second-order valence-corrected chi connectivity index (χ2v) is 8.30. The van der Waals surface area contributed by atoms with Crippen LogP contribution < -0.4 is 15.4 Å². The number of ether oxygens (including phenoxy) is 2. The summed E-state index contributed by atoms with van der Waals surface area (Å²) in [5.41, 5.74) is 3.00. The van der Waals surface area contributed by atoms with E-state index in [9.17, 15) is 18.4 Å². The molecule has 184 valence electrons. The molecule has 2 aliphatic heterocycles. The maximum atomic E-state index is 13.3. The van der Waals surface area contributed by atoms with Crippen molar-refractivity contribution in [1.29, 1.82) is 0 Å². The summed E-state index contributed by atoms with van der Waals surface area (Å²) in [6, 6.07) is 14.5. The second kappa shape index (κ2) is 10.2. The molecule has 2 heterocycles. The van der Waals surface area contributed by atoms with Gasteiger partial charge in [-0.15, -0.1) is 0 Å². The molecule has 0 aromatic heterocycles. The molecule has 35 heavy (non-hydrogen) atoms. The Kier molecular flexibility index (Phi) is 7.11. The van der Waals surface area contributed by atoms with Gasteiger partial charge in [-0.2, -0.15) is 8.78 Å². The minimum atomic E-state index is -3.30. The van der Waals surface area contributed by atoms with Crippen LogP contribution in [0.2, 0.25) is 0 Å². The average Bonchev–Trinajstić information content (AvgIpc) is 2.83. The summed E-state index contributed by atoms with van der Waals surface area (Å²) in [6.07, 6.45) is -2.12. The number of carbonyl (C=O) groups excluding carboxylic acids is 2. The summed E-state index contributed by atoms with van der Waals surface area (Å²) < 4.78 is 36.1. The largest absolute Gasteiger partial charge is 0.433 e. The Hall–Kier alpha value is -3.79. The summed E-state index contributed by atoms with van der Waals surface area (Å²) in [5, 5.41) is 5.69. The van der Waals surface area contributed by atoms with Crippen molar-refractivity contribution in [2.45, 2.75) is 31.9 Å². The lowest BCUT2D eigenvalue weighted by atomic mass is 10.0. The number of benzene rings is 2. The van der Waals surface area contributed by atoms with Gasteiger partial charge in [0.2, 0.25) is 5.91 Å². The zero-order chi connectivity index (χ0) is 25.0. The topological polar surface area (TPSA) is 92.3 Å². The molecule has 0 aliphatic carbocycles. The fraction of sp³-hybridized carbons (Fsp3) is 0.320. The Morgan fingerprint density at radius 2 is 1.89 bits per heavy atom. The summed E-state index contributed by atoms with van der Waals surface area (Å²) in [4.78, 5) is 31.6. The highest BCUT2D eigenvalue weighted by Gasteiger charge is 2.33. The van der Waals surface area contributed by atoms with Gasteiger partial charge in [0.1, 0.15) is 12.3 Å². The van der Waals surface area contributed by atoms with Gasteiger partial charge in [-0.05, 0) is 36.1 Å². The van der Waals surface area contributed by atoms with Crippen LogP contribution in [0.4, 0.5) is 13.6 Å². The zero-order valence-corrected chi connectivity index (χ0v) is 19.4. The van der Waals surface area contributed by atoms with Crippen molar-refractivity contribution in [1.82, 2.24) is 15.5 Å². The molecule has 2 aromatic rings. The van der Waals surface area contributed by atoms with Gasteiger partial charge in [0.15, 0.2) is 5.82 Å². The molecule has 1 unspecified atom stereocenters. The third kappa shape index (κ3) is 6.02. The first kappa shape index (κ1) is 24.3. The highest BCUT2D eigenvalue weighted by atomic mass is 19.3. The molecule has 0 saturated heterocycles. The molecule has 0 fully saturated rings. The van der Waals surface area contributed by atoms with Gasteiger partial charge in [-0.25, -0.2) is 9.79 Å². The third-order valence-electron chi connectivity index (χ3n) is 5.53. The number of methoxy groups -OCH3 is 1. The zero-order valence-electron chi connectivity index (χ0n) is 19.4. The van der Waals surface area contributed by atoms with E-state index < -0.39 is 18.2 Å². The van der Waals surface area contributed by atoms with E-state index in [1.807, 2.05) is 30.3 Å². The van der Waals surface area contributed by atoms with Crippen molar-refractivity contribution in [3.63, 3.8) is 0 Å². The van der Waals surface area contributed by atoms with E-state index >= 15 is 0 Å². The number of halogens is 2. The number of alkyl halides is 2. The number of carbonyl (C=O) groups is 2. The van der Waals surface area contributed by atoms with E-state index in [-0.39, 0.29) is 24.8 Å². The standard InChI is InChI=1S/C25H26F2N4O4/c1-25(26,27)35-18-10-8-17(9-11-18)21(15-34-2)30-24(33)31-14-22(32)28-20-13-12-19(29-23(20)31)16-6-4-3-5-7-16/h3-11,21H,12-15H2,1-2H3,(H,28,32)(H,30,33). The van der Waals surface area contributed by atoms with Crippen LogP contribution in [0.15, 0.2) is 71.1 Å². The number of nitrogens with one attached hydrogen (secondary N) is 2. The van der Waals surface area contributed by atoms with Gasteiger partial charge in [-0.3, -0.25) is 9.69 Å². The van der Waals surface area contributed by atoms with E-state index in [2.05, 4.69) is 15.4 Å². The second-order valence-electron chi connectivity index (χ2n) is 8.30. The fourth-order valence-electron chi connectivity index (χ4n) is 3.97. The predicted molar refractivity (Wildman–Crippen MR) is 125 cm³/mol. The molecular weight excluding hydrogens is 458 g/mol. The molecular formula is C25H26F2N4O4. The Labute approximate surface area is 201 Å². The van der Waals surface area contributed by atoms with Crippen molar-refractivity contribution in [2.75, 3.05) is 20.3 Å². The Morgan fingerprint density at radius 1 is 1.17 bits per heavy atom. The monoisotopic (exact) mass is 484 g/mol. The molecule has 8 nitrogen and oxygen atoms in total. The smallest absolute Gasteiger partial charge is 0.394 e. The van der Waals surface area contributed by atoms with Crippen LogP contribution in [0.25, 0.3) is 0 Å². The van der Waals surface area contributed by atoms with Gasteiger partial charge in [0.25, 0.3) is 0 Å². The van der Waals surface area contributed by atoms with Crippen LogP contribution in [0, 0.1) is 0 Å². The van der Waals surface area contributed by atoms with Crippen molar-refractivity contribution in [2.24, 2.45) is 4.99 Å². The van der Waals surface area contributed by atoms with Crippen LogP contribution in [-0.2, 0) is 9.53 Å². The van der Waals surface area contributed by atoms with Crippen LogP contribution >= 0.6 is 0 Å². The number of amides is 3. The maximum absolute atomic E-state index is 13.3. The highest BCUT2D eigenvalue weighted by Crippen LogP contribution is 2.28. The molecule has 2 aromatic carbocycles. The van der Waals surface area contributed by atoms with E-state index in [4.69, 9.17) is 9.73 Å². The first-order valence-electron chi connectivity index (χ1n) is 11.1. The molecule has 0 saturated carbocycles. The molecule has 10 heteroatoms. The molecule has 1 atom stereocenters. The Morgan fingerprint density at radius 3 is 2.54 bits per heavy atom. The van der Waals surface area contributed by atoms with Crippen LogP contribution in [-0.4, -0.2) is 48.9 Å². The number of aliphatic imine (C=N–C) groups is 1. The van der Waals surface area contributed by atoms with Crippen molar-refractivity contribution in [3.8, 4) is 5.75 Å². The summed E-state index contributed by atoms with van der Waals surface area (Å²) in [6.45, 7) is 0.595. The van der Waals surface area contributed by atoms with Gasteiger partial charge in [0, 0.05) is 14.0 Å². The number of urea groups is 1. The predicted octanol–water partition coefficient (Wildman–Crippen LogP) is 3.96. The lowest BCUT2D eigenvalue weighted by Crippen LogP contribution is -2.51. The van der Waals surface area contributed by atoms with E-state index in [0.29, 0.717) is 36.8 Å². The first-order chi connectivity index (χ1) is 16.7. The number of hydrogen-bond acceptors (Lipinski definition) is 5. The maximum Gasteiger partial charge on any atom is 0.394 e. The van der Waals surface area contributed by atoms with Crippen molar-refractivity contribution in [3.05, 3.63) is 77.2 Å². The fourth-order valence-corrected chi connectivity index (χ4v) is 3.97. The number of rotatable bonds is 7. The highest BCUT2D eigenvalue weighted by molar-refractivity contribution is 6.02. The molecule has 0 bridgehead atoms. The third-order valence-corrected chi connectivity index (χ3v) is 5.53. The Balaban J connectivity index is 1.55. The summed E-state index contributed by atoms with van der Waals surface area (Å²) >= 11 is 0. The van der Waals surface area contributed by atoms with Crippen molar-refractivity contribution >= 4 is 17.6 Å². The normalized spacial score (nSPS) is 16.7. The summed E-state index contributed by atoms with van der Waals surface area (Å²) in [5.74, 6) is 0.0936. The molecule has 0 radical (unpaired) electrons. The molecule has 3 amide bonds. The van der Waals surface area contributed by atoms with Crippen LogP contribution in [0.3, 0.4) is 0 Å². The lowest BCUT2D eigenvalue weighted by molar-refractivity contribution is -0.159. The number of hydrogen-bond donors (Lipinski definition) is 2. The van der Waals surface area contributed by atoms with Gasteiger partial charge < -0.3 is 20.1 Å². The lowest BCUT2D eigenvalue weighted by Gasteiger charge is -2.33. The first-order valence-corrected chi connectivity index (χ1v) is 11.1. The van der Waals surface area contributed by atoms with Crippen molar-refractivity contribution < 1.29 is 27.8 Å². The molecule has 4 rings (SSSR count). The van der Waals surface area contributed by atoms with Crippen LogP contribution in [0.1, 0.15) is 36.9 Å². The SMILES string of the molecule is COCC(NC(=O)N1CC(=O)NC2=C1N=C(c1ccccc1)CC2)c1ccc(OC(C)(F)F)cc1. The van der Waals surface area contributed by atoms with E-state index in [1.165, 1.54) is 24.1 Å². The number of allylic oxidation sites excluding steroid dienone is 1. The van der Waals surface area contributed by atoms with E-state index in [1.54, 1.807) is 12.1 Å². The van der Waals surface area contributed by atoms with Crippen LogP contribution in [0.5, 0.6) is 5.75 Å². The summed E-state index contributed by atoms with van der Waals surface area (Å²) in [7, 11) is 1.49. The molecule has 2 N–H and O–H groups in total. The molecule has 0 spiro atoms. The average molecular weight is 485 g/mol. The van der Waals surface area contributed by atoms with Gasteiger partial charge in [-0.1, -0.05) is 42.5 Å².